The lowest BCUT2D eigenvalue weighted by Crippen LogP contribution is -2.32. The first-order chi connectivity index (χ1) is 6.11. The number of hydrogen-bond donors (Lipinski definition) is 2. The van der Waals surface area contributed by atoms with E-state index in [2.05, 4.69) is 5.18 Å². The molecule has 68 valence electrons. The van der Waals surface area contributed by atoms with Crippen LogP contribution in [-0.2, 0) is 10.5 Å². The number of nitrogens with zero attached hydrogens (tertiary/aromatic N) is 1. The minimum absolute atomic E-state index is 0.0579. The van der Waals surface area contributed by atoms with Crippen molar-refractivity contribution in [2.75, 3.05) is 0 Å². The van der Waals surface area contributed by atoms with Crippen molar-refractivity contribution in [2.45, 2.75) is 5.72 Å². The zero-order valence-electron chi connectivity index (χ0n) is 6.54. The first-order valence-electron chi connectivity index (χ1n) is 3.47. The summed E-state index contributed by atoms with van der Waals surface area (Å²) in [6.45, 7) is 0. The van der Waals surface area contributed by atoms with Gasteiger partial charge in [0.15, 0.2) is 0 Å². The maximum Gasteiger partial charge on any atom is 0.367 e. The normalized spacial score (nSPS) is 14.5. The van der Waals surface area contributed by atoms with E-state index in [1.54, 1.807) is 6.07 Å². The minimum atomic E-state index is -2.68. The molecule has 0 saturated carbocycles. The van der Waals surface area contributed by atoms with Crippen LogP contribution in [0.25, 0.3) is 0 Å². The van der Waals surface area contributed by atoms with Crippen LogP contribution in [0.5, 0.6) is 0 Å². The van der Waals surface area contributed by atoms with E-state index in [9.17, 15) is 14.8 Å². The van der Waals surface area contributed by atoms with Gasteiger partial charge in [0.2, 0.25) is 0 Å². The smallest absolute Gasteiger partial charge is 0.367 e. The molecule has 0 spiro atoms. The highest BCUT2D eigenvalue weighted by Gasteiger charge is 2.39. The SMILES string of the molecule is O=NC(O)(C(=O)O)c1ccccc1. The Morgan fingerprint density at radius 3 is 2.23 bits per heavy atom. The van der Waals surface area contributed by atoms with Crippen molar-refractivity contribution in [3.8, 4) is 0 Å². The highest BCUT2D eigenvalue weighted by atomic mass is 16.4. The fourth-order valence-electron chi connectivity index (χ4n) is 0.886. The maximum atomic E-state index is 10.5. The lowest BCUT2D eigenvalue weighted by molar-refractivity contribution is -0.158. The summed E-state index contributed by atoms with van der Waals surface area (Å²) in [5, 5.41) is 20.0. The standard InChI is InChI=1S/C8H7NO4/c10-7(11)8(12,9-13)6-4-2-1-3-5-6/h1-5,12H,(H,10,11). The molecule has 0 bridgehead atoms. The minimum Gasteiger partial charge on any atom is -0.477 e. The lowest BCUT2D eigenvalue weighted by Gasteiger charge is -2.13. The molecule has 0 radical (unpaired) electrons. The quantitative estimate of drug-likeness (QED) is 0.671. The van der Waals surface area contributed by atoms with E-state index in [-0.39, 0.29) is 5.56 Å². The van der Waals surface area contributed by atoms with Gasteiger partial charge in [-0.25, -0.2) is 4.79 Å². The van der Waals surface area contributed by atoms with Crippen molar-refractivity contribution in [2.24, 2.45) is 5.18 Å². The van der Waals surface area contributed by atoms with E-state index < -0.39 is 11.7 Å². The first kappa shape index (κ1) is 9.34. The summed E-state index contributed by atoms with van der Waals surface area (Å²) in [6.07, 6.45) is 0. The summed E-state index contributed by atoms with van der Waals surface area (Å²) in [7, 11) is 0. The summed E-state index contributed by atoms with van der Waals surface area (Å²) in [5.74, 6) is -1.69. The van der Waals surface area contributed by atoms with Crippen molar-refractivity contribution >= 4 is 5.97 Å². The number of carboxylic acids is 1. The molecular weight excluding hydrogens is 174 g/mol. The van der Waals surface area contributed by atoms with Gasteiger partial charge in [0.1, 0.15) is 0 Å². The van der Waals surface area contributed by atoms with Gasteiger partial charge in [-0.2, -0.15) is 0 Å². The largest absolute Gasteiger partial charge is 0.477 e. The number of carboxylic acid groups (broad SMARTS) is 1. The number of benzene rings is 1. The number of carbonyl (C=O) groups is 1. The molecule has 0 amide bonds. The Morgan fingerprint density at radius 2 is 1.85 bits per heavy atom. The molecule has 0 aliphatic carbocycles. The number of hydrogen-bond acceptors (Lipinski definition) is 4. The maximum absolute atomic E-state index is 10.5. The second-order valence-electron chi connectivity index (χ2n) is 2.43. The van der Waals surface area contributed by atoms with Gasteiger partial charge in [-0.15, -0.1) is 4.91 Å². The Hall–Kier alpha value is -1.75. The number of rotatable bonds is 3. The van der Waals surface area contributed by atoms with Gasteiger partial charge in [-0.1, -0.05) is 30.3 Å². The van der Waals surface area contributed by atoms with Crippen LogP contribution < -0.4 is 0 Å². The van der Waals surface area contributed by atoms with Gasteiger partial charge in [0.05, 0.1) is 0 Å². The van der Waals surface area contributed by atoms with Gasteiger partial charge in [0, 0.05) is 5.56 Å². The fourth-order valence-corrected chi connectivity index (χ4v) is 0.886. The van der Waals surface area contributed by atoms with Crippen LogP contribution in [0, 0.1) is 4.91 Å². The molecule has 0 heterocycles. The van der Waals surface area contributed by atoms with Crippen LogP contribution >= 0.6 is 0 Å². The molecule has 0 saturated heterocycles. The molecule has 1 aromatic carbocycles. The summed E-state index contributed by atoms with van der Waals surface area (Å²) >= 11 is 0. The fraction of sp³-hybridized carbons (Fsp3) is 0.125. The molecule has 0 aliphatic heterocycles. The van der Waals surface area contributed by atoms with Crippen LogP contribution in [-0.4, -0.2) is 16.2 Å². The van der Waals surface area contributed by atoms with Crippen LogP contribution in [0.2, 0.25) is 0 Å². The monoisotopic (exact) mass is 181 g/mol. The lowest BCUT2D eigenvalue weighted by atomic mass is 10.0. The van der Waals surface area contributed by atoms with Gasteiger partial charge in [-0.05, 0) is 5.18 Å². The summed E-state index contributed by atoms with van der Waals surface area (Å²) < 4.78 is 0. The van der Waals surface area contributed by atoms with Crippen molar-refractivity contribution in [3.63, 3.8) is 0 Å². The van der Waals surface area contributed by atoms with Crippen LogP contribution in [0.1, 0.15) is 5.56 Å². The third-order valence-electron chi connectivity index (χ3n) is 1.61. The Morgan fingerprint density at radius 1 is 1.31 bits per heavy atom. The van der Waals surface area contributed by atoms with Gasteiger partial charge in [0.25, 0.3) is 0 Å². The molecule has 5 nitrogen and oxygen atoms in total. The average molecular weight is 181 g/mol. The molecule has 5 heteroatoms. The zero-order chi connectivity index (χ0) is 9.90. The van der Waals surface area contributed by atoms with E-state index in [1.807, 2.05) is 0 Å². The van der Waals surface area contributed by atoms with Crippen molar-refractivity contribution in [3.05, 3.63) is 40.8 Å². The molecule has 0 aromatic heterocycles. The number of aliphatic hydroxyl groups is 1. The molecule has 2 N–H and O–H groups in total. The van der Waals surface area contributed by atoms with E-state index in [1.165, 1.54) is 24.3 Å². The molecular formula is C8H7NO4. The molecule has 0 fully saturated rings. The van der Waals surface area contributed by atoms with Crippen molar-refractivity contribution in [1.82, 2.24) is 0 Å². The van der Waals surface area contributed by atoms with Crippen molar-refractivity contribution in [1.29, 1.82) is 0 Å². The summed E-state index contributed by atoms with van der Waals surface area (Å²) in [5.41, 5.74) is -2.74. The van der Waals surface area contributed by atoms with E-state index in [0.29, 0.717) is 0 Å². The Kier molecular flexibility index (Phi) is 2.39. The highest BCUT2D eigenvalue weighted by Crippen LogP contribution is 2.22. The van der Waals surface area contributed by atoms with Crippen LogP contribution in [0.3, 0.4) is 0 Å². The average Bonchev–Trinajstić information content (AvgIpc) is 2.17. The highest BCUT2D eigenvalue weighted by molar-refractivity contribution is 5.78. The topological polar surface area (TPSA) is 87.0 Å². The first-order valence-corrected chi connectivity index (χ1v) is 3.47. The van der Waals surface area contributed by atoms with E-state index in [4.69, 9.17) is 5.11 Å². The Balaban J connectivity index is 3.18. The second kappa shape index (κ2) is 3.32. The third-order valence-corrected chi connectivity index (χ3v) is 1.61. The van der Waals surface area contributed by atoms with Gasteiger partial charge < -0.3 is 10.2 Å². The summed E-state index contributed by atoms with van der Waals surface area (Å²) in [6, 6.07) is 7.28. The second-order valence-corrected chi connectivity index (χ2v) is 2.43. The zero-order valence-corrected chi connectivity index (χ0v) is 6.54. The number of nitroso groups, excluding NO2 is 1. The predicted octanol–water partition coefficient (Wildman–Crippen LogP) is 0.683. The molecule has 1 unspecified atom stereocenters. The predicted molar refractivity (Wildman–Crippen MR) is 43.8 cm³/mol. The van der Waals surface area contributed by atoms with Gasteiger partial charge in [-0.3, -0.25) is 0 Å². The Labute approximate surface area is 73.6 Å². The molecule has 13 heavy (non-hydrogen) atoms. The van der Waals surface area contributed by atoms with E-state index in [0.717, 1.165) is 0 Å². The Bertz CT molecular complexity index is 324. The molecule has 1 rings (SSSR count). The summed E-state index contributed by atoms with van der Waals surface area (Å²) in [4.78, 5) is 20.7. The van der Waals surface area contributed by atoms with Crippen LogP contribution in [0.15, 0.2) is 35.5 Å². The van der Waals surface area contributed by atoms with Crippen LogP contribution in [0.4, 0.5) is 0 Å². The third kappa shape index (κ3) is 1.54. The molecule has 1 aromatic rings. The van der Waals surface area contributed by atoms with Gasteiger partial charge >= 0.3 is 11.7 Å². The molecule has 1 atom stereocenters. The molecule has 0 aliphatic rings. The number of aliphatic carboxylic acids is 1. The van der Waals surface area contributed by atoms with Crippen molar-refractivity contribution < 1.29 is 15.0 Å². The van der Waals surface area contributed by atoms with E-state index >= 15 is 0 Å².